The maximum absolute atomic E-state index is 12.2. The monoisotopic (exact) mass is 269 g/mol. The molecule has 0 radical (unpaired) electrons. The van der Waals surface area contributed by atoms with E-state index in [4.69, 9.17) is 4.74 Å². The van der Waals surface area contributed by atoms with E-state index in [1.807, 2.05) is 6.92 Å². The van der Waals surface area contributed by atoms with E-state index in [2.05, 4.69) is 9.59 Å². The van der Waals surface area contributed by atoms with E-state index in [0.717, 1.165) is 11.5 Å². The predicted molar refractivity (Wildman–Crippen MR) is 65.2 cm³/mol. The molecule has 1 aliphatic heterocycles. The number of methoxy groups -OCH3 is 1. The minimum absolute atomic E-state index is 0.0965. The second kappa shape index (κ2) is 5.01. The fraction of sp³-hybridized carbons (Fsp3) is 0.636. The van der Waals surface area contributed by atoms with Crippen molar-refractivity contribution in [1.29, 1.82) is 0 Å². The lowest BCUT2D eigenvalue weighted by Crippen LogP contribution is -2.30. The zero-order valence-electron chi connectivity index (χ0n) is 10.5. The van der Waals surface area contributed by atoms with Gasteiger partial charge in [0.15, 0.2) is 0 Å². The number of carbonyl (C=O) groups is 2. The van der Waals surface area contributed by atoms with Gasteiger partial charge in [0.05, 0.1) is 18.7 Å². The summed E-state index contributed by atoms with van der Waals surface area (Å²) in [6.07, 6.45) is 0. The third kappa shape index (κ3) is 2.22. The molecule has 1 fully saturated rings. The number of aryl methyl sites for hydroxylation is 1. The van der Waals surface area contributed by atoms with E-state index in [1.54, 1.807) is 11.8 Å². The van der Waals surface area contributed by atoms with Crippen molar-refractivity contribution >= 4 is 23.4 Å². The fourth-order valence-corrected chi connectivity index (χ4v) is 2.79. The van der Waals surface area contributed by atoms with Crippen LogP contribution in [0.1, 0.15) is 22.3 Å². The van der Waals surface area contributed by atoms with Gasteiger partial charge in [-0.25, -0.2) is 0 Å². The van der Waals surface area contributed by atoms with Crippen LogP contribution < -0.4 is 0 Å². The van der Waals surface area contributed by atoms with E-state index in [0.29, 0.717) is 23.7 Å². The Balaban J connectivity index is 2.11. The van der Waals surface area contributed by atoms with Crippen molar-refractivity contribution < 1.29 is 14.3 Å². The van der Waals surface area contributed by atoms with Crippen molar-refractivity contribution in [2.75, 3.05) is 20.2 Å². The molecule has 7 heteroatoms. The Morgan fingerprint density at radius 1 is 1.44 bits per heavy atom. The summed E-state index contributed by atoms with van der Waals surface area (Å²) in [5, 5.41) is 3.83. The first-order chi connectivity index (χ1) is 8.54. The van der Waals surface area contributed by atoms with Crippen molar-refractivity contribution in [1.82, 2.24) is 14.5 Å². The van der Waals surface area contributed by atoms with Gasteiger partial charge in [0.25, 0.3) is 5.91 Å². The highest BCUT2D eigenvalue weighted by Gasteiger charge is 2.38. The highest BCUT2D eigenvalue weighted by Crippen LogP contribution is 2.26. The van der Waals surface area contributed by atoms with Crippen LogP contribution in [0.15, 0.2) is 0 Å². The normalized spacial score (nSPS) is 23.2. The van der Waals surface area contributed by atoms with Gasteiger partial charge in [-0.15, -0.1) is 5.10 Å². The highest BCUT2D eigenvalue weighted by molar-refractivity contribution is 7.07. The van der Waals surface area contributed by atoms with Gasteiger partial charge in [-0.1, -0.05) is 11.4 Å². The number of esters is 1. The van der Waals surface area contributed by atoms with Crippen LogP contribution >= 0.6 is 11.5 Å². The third-order valence-corrected chi connectivity index (χ3v) is 4.07. The molecule has 2 atom stereocenters. The predicted octanol–water partition coefficient (Wildman–Crippen LogP) is 0.728. The number of likely N-dealkylation sites (tertiary alicyclic amines) is 1. The molecule has 2 heterocycles. The lowest BCUT2D eigenvalue weighted by Gasteiger charge is -2.14. The van der Waals surface area contributed by atoms with Gasteiger partial charge in [0.1, 0.15) is 4.88 Å². The van der Waals surface area contributed by atoms with Gasteiger partial charge in [-0.3, -0.25) is 9.59 Å². The molecule has 98 valence electrons. The summed E-state index contributed by atoms with van der Waals surface area (Å²) in [6.45, 7) is 4.68. The first-order valence-electron chi connectivity index (χ1n) is 5.70. The Labute approximate surface area is 109 Å². The lowest BCUT2D eigenvalue weighted by atomic mass is 9.99. The smallest absolute Gasteiger partial charge is 0.310 e. The molecule has 1 aromatic heterocycles. The van der Waals surface area contributed by atoms with Crippen LogP contribution in [-0.4, -0.2) is 46.6 Å². The molecular formula is C11H15N3O3S. The van der Waals surface area contributed by atoms with Crippen LogP contribution in [0.25, 0.3) is 0 Å². The van der Waals surface area contributed by atoms with Crippen molar-refractivity contribution in [2.45, 2.75) is 13.8 Å². The summed E-state index contributed by atoms with van der Waals surface area (Å²) < 4.78 is 8.50. The van der Waals surface area contributed by atoms with Crippen molar-refractivity contribution in [2.24, 2.45) is 11.8 Å². The summed E-state index contributed by atoms with van der Waals surface area (Å²) in [5.74, 6) is -0.472. The molecule has 0 spiro atoms. The molecule has 0 aliphatic carbocycles. The van der Waals surface area contributed by atoms with Crippen LogP contribution in [0.4, 0.5) is 0 Å². The molecule has 1 amide bonds. The number of hydrogen-bond acceptors (Lipinski definition) is 6. The fourth-order valence-electron chi connectivity index (χ4n) is 2.16. The Hall–Kier alpha value is -1.50. The van der Waals surface area contributed by atoms with E-state index < -0.39 is 0 Å². The largest absolute Gasteiger partial charge is 0.469 e. The molecule has 1 aliphatic rings. The summed E-state index contributed by atoms with van der Waals surface area (Å²) >= 11 is 1.09. The second-order valence-electron chi connectivity index (χ2n) is 4.50. The Morgan fingerprint density at radius 3 is 2.72 bits per heavy atom. The average Bonchev–Trinajstić information content (AvgIpc) is 2.93. The molecule has 18 heavy (non-hydrogen) atoms. The van der Waals surface area contributed by atoms with Crippen LogP contribution in [0.3, 0.4) is 0 Å². The van der Waals surface area contributed by atoms with Gasteiger partial charge in [0, 0.05) is 13.1 Å². The van der Waals surface area contributed by atoms with Gasteiger partial charge >= 0.3 is 5.97 Å². The van der Waals surface area contributed by atoms with E-state index in [1.165, 1.54) is 7.11 Å². The third-order valence-electron chi connectivity index (χ3n) is 3.25. The van der Waals surface area contributed by atoms with Crippen LogP contribution in [-0.2, 0) is 9.53 Å². The number of carbonyl (C=O) groups excluding carboxylic acids is 2. The molecule has 2 rings (SSSR count). The number of ether oxygens (including phenoxy) is 1. The molecular weight excluding hydrogens is 254 g/mol. The molecule has 0 bridgehead atoms. The minimum atomic E-state index is -0.253. The summed E-state index contributed by atoms with van der Waals surface area (Å²) in [5.41, 5.74) is 0.638. The Bertz CT molecular complexity index is 474. The number of amides is 1. The molecule has 1 saturated heterocycles. The summed E-state index contributed by atoms with van der Waals surface area (Å²) in [6, 6.07) is 0. The Morgan fingerprint density at radius 2 is 2.17 bits per heavy atom. The van der Waals surface area contributed by atoms with Crippen LogP contribution in [0, 0.1) is 18.8 Å². The molecule has 0 aromatic carbocycles. The van der Waals surface area contributed by atoms with Crippen LogP contribution in [0.5, 0.6) is 0 Å². The van der Waals surface area contributed by atoms with E-state index in [9.17, 15) is 9.59 Å². The number of aromatic nitrogens is 2. The van der Waals surface area contributed by atoms with Gasteiger partial charge in [-0.2, -0.15) is 0 Å². The van der Waals surface area contributed by atoms with Crippen LogP contribution in [0.2, 0.25) is 0 Å². The molecule has 0 saturated carbocycles. The van der Waals surface area contributed by atoms with Crippen molar-refractivity contribution in [3.63, 3.8) is 0 Å². The Kier molecular flexibility index (Phi) is 3.60. The first-order valence-corrected chi connectivity index (χ1v) is 6.48. The minimum Gasteiger partial charge on any atom is -0.469 e. The summed E-state index contributed by atoms with van der Waals surface area (Å²) in [4.78, 5) is 26.0. The van der Waals surface area contributed by atoms with Gasteiger partial charge in [0.2, 0.25) is 0 Å². The number of nitrogens with zero attached hydrogens (tertiary/aromatic N) is 3. The average molecular weight is 269 g/mol. The number of rotatable bonds is 2. The standard InChI is InChI=1S/C11H15N3O3S/c1-6-4-14(5-8(6)11(16)17-3)10(15)9-7(2)12-13-18-9/h6,8H,4-5H2,1-3H3. The van der Waals surface area contributed by atoms with Gasteiger partial charge < -0.3 is 9.64 Å². The zero-order valence-corrected chi connectivity index (χ0v) is 11.4. The summed E-state index contributed by atoms with van der Waals surface area (Å²) in [7, 11) is 1.37. The van der Waals surface area contributed by atoms with Crippen molar-refractivity contribution in [3.8, 4) is 0 Å². The molecule has 0 N–H and O–H groups in total. The van der Waals surface area contributed by atoms with E-state index in [-0.39, 0.29) is 23.7 Å². The maximum atomic E-state index is 12.2. The first kappa shape index (κ1) is 12.9. The SMILES string of the molecule is COC(=O)C1CN(C(=O)c2snnc2C)CC1C. The molecule has 6 nitrogen and oxygen atoms in total. The quantitative estimate of drug-likeness (QED) is 0.740. The van der Waals surface area contributed by atoms with Crippen molar-refractivity contribution in [3.05, 3.63) is 10.6 Å². The topological polar surface area (TPSA) is 72.4 Å². The highest BCUT2D eigenvalue weighted by atomic mass is 32.1. The number of hydrogen-bond donors (Lipinski definition) is 0. The zero-order chi connectivity index (χ0) is 13.3. The van der Waals surface area contributed by atoms with Gasteiger partial charge in [-0.05, 0) is 24.4 Å². The maximum Gasteiger partial charge on any atom is 0.310 e. The molecule has 1 aromatic rings. The molecule has 2 unspecified atom stereocenters. The second-order valence-corrected chi connectivity index (χ2v) is 5.26. The van der Waals surface area contributed by atoms with E-state index >= 15 is 0 Å². The lowest BCUT2D eigenvalue weighted by molar-refractivity contribution is -0.145.